The van der Waals surface area contributed by atoms with Gasteiger partial charge in [0, 0.05) is 6.92 Å². The quantitative estimate of drug-likeness (QED) is 0.740. The molecule has 0 radical (unpaired) electrons. The molecule has 0 aliphatic rings. The lowest BCUT2D eigenvalue weighted by Gasteiger charge is -2.12. The molecule has 0 fully saturated rings. The van der Waals surface area contributed by atoms with Gasteiger partial charge in [-0.05, 0) is 19.1 Å². The molecule has 1 aromatic heterocycles. The van der Waals surface area contributed by atoms with Crippen LogP contribution in [0.2, 0.25) is 0 Å². The van der Waals surface area contributed by atoms with E-state index in [1.807, 2.05) is 35.8 Å². The first-order valence-electron chi connectivity index (χ1n) is 5.24. The summed E-state index contributed by atoms with van der Waals surface area (Å²) in [5, 5.41) is 0. The van der Waals surface area contributed by atoms with E-state index in [2.05, 4.69) is 4.98 Å². The third kappa shape index (κ3) is 2.21. The zero-order valence-corrected chi connectivity index (χ0v) is 9.38. The van der Waals surface area contributed by atoms with Gasteiger partial charge >= 0.3 is 5.97 Å². The van der Waals surface area contributed by atoms with E-state index < -0.39 is 0 Å². The lowest BCUT2D eigenvalue weighted by atomic mass is 10.3. The summed E-state index contributed by atoms with van der Waals surface area (Å²) in [7, 11) is 0. The number of hydrogen-bond acceptors (Lipinski definition) is 3. The van der Waals surface area contributed by atoms with Crippen LogP contribution in [0.4, 0.5) is 0 Å². The molecule has 0 aliphatic heterocycles. The molecule has 0 saturated heterocycles. The number of carbonyl (C=O) groups excluding carboxylic acids is 1. The van der Waals surface area contributed by atoms with E-state index >= 15 is 0 Å². The second-order valence-corrected chi connectivity index (χ2v) is 3.81. The third-order valence-corrected chi connectivity index (χ3v) is 2.35. The lowest BCUT2D eigenvalue weighted by molar-refractivity contribution is -0.145. The highest BCUT2D eigenvalue weighted by molar-refractivity contribution is 5.74. The van der Waals surface area contributed by atoms with Crippen molar-refractivity contribution in [1.82, 2.24) is 9.55 Å². The summed E-state index contributed by atoms with van der Waals surface area (Å²) < 4.78 is 7.07. The fraction of sp³-hybridized carbons (Fsp3) is 0.333. The van der Waals surface area contributed by atoms with Crippen LogP contribution in [0.3, 0.4) is 0 Å². The SMILES string of the molecule is CC(=O)O[C@H](C)Cn1cnc2ccccc21. The van der Waals surface area contributed by atoms with E-state index in [-0.39, 0.29) is 12.1 Å². The molecule has 2 aromatic rings. The van der Waals surface area contributed by atoms with Crippen molar-refractivity contribution >= 4 is 17.0 Å². The molecule has 2 rings (SSSR count). The molecule has 1 heterocycles. The Morgan fingerprint density at radius 3 is 3.00 bits per heavy atom. The predicted molar refractivity (Wildman–Crippen MR) is 61.0 cm³/mol. The average Bonchev–Trinajstić information content (AvgIpc) is 2.61. The lowest BCUT2D eigenvalue weighted by Crippen LogP contribution is -2.18. The van der Waals surface area contributed by atoms with Gasteiger partial charge in [-0.25, -0.2) is 4.98 Å². The Kier molecular flexibility index (Phi) is 2.90. The van der Waals surface area contributed by atoms with Gasteiger partial charge in [0.25, 0.3) is 0 Å². The van der Waals surface area contributed by atoms with Gasteiger partial charge in [-0.3, -0.25) is 4.79 Å². The number of hydrogen-bond donors (Lipinski definition) is 0. The maximum Gasteiger partial charge on any atom is 0.302 e. The van der Waals surface area contributed by atoms with Crippen molar-refractivity contribution < 1.29 is 9.53 Å². The summed E-state index contributed by atoms with van der Waals surface area (Å²) in [4.78, 5) is 15.1. The molecular weight excluding hydrogens is 204 g/mol. The zero-order chi connectivity index (χ0) is 11.5. The summed E-state index contributed by atoms with van der Waals surface area (Å²) in [6.07, 6.45) is 1.63. The average molecular weight is 218 g/mol. The van der Waals surface area contributed by atoms with Crippen LogP contribution in [0, 0.1) is 0 Å². The highest BCUT2D eigenvalue weighted by Gasteiger charge is 2.08. The van der Waals surface area contributed by atoms with Crippen molar-refractivity contribution in [3.05, 3.63) is 30.6 Å². The summed E-state index contributed by atoms with van der Waals surface area (Å²) in [6, 6.07) is 7.89. The van der Waals surface area contributed by atoms with Crippen LogP contribution in [-0.4, -0.2) is 21.6 Å². The first kappa shape index (κ1) is 10.7. The third-order valence-electron chi connectivity index (χ3n) is 2.35. The number of aromatic nitrogens is 2. The Balaban J connectivity index is 2.18. The molecule has 0 spiro atoms. The Morgan fingerprint density at radius 1 is 1.50 bits per heavy atom. The number of para-hydroxylation sites is 2. The predicted octanol–water partition coefficient (Wildman–Crippen LogP) is 1.99. The Labute approximate surface area is 93.9 Å². The van der Waals surface area contributed by atoms with Gasteiger partial charge in [0.05, 0.1) is 23.9 Å². The molecule has 0 bridgehead atoms. The Morgan fingerprint density at radius 2 is 2.25 bits per heavy atom. The number of benzene rings is 1. The van der Waals surface area contributed by atoms with Crippen LogP contribution in [0.1, 0.15) is 13.8 Å². The van der Waals surface area contributed by atoms with Crippen LogP contribution < -0.4 is 0 Å². The molecule has 0 unspecified atom stereocenters. The summed E-state index contributed by atoms with van der Waals surface area (Å²) in [5.74, 6) is -0.253. The van der Waals surface area contributed by atoms with Crippen molar-refractivity contribution in [3.63, 3.8) is 0 Å². The highest BCUT2D eigenvalue weighted by Crippen LogP contribution is 2.12. The summed E-state index contributed by atoms with van der Waals surface area (Å²) >= 11 is 0. The number of imidazole rings is 1. The molecule has 16 heavy (non-hydrogen) atoms. The van der Waals surface area contributed by atoms with Crippen molar-refractivity contribution in [1.29, 1.82) is 0 Å². The minimum Gasteiger partial charge on any atom is -0.461 e. The maximum absolute atomic E-state index is 10.8. The molecule has 1 atom stereocenters. The number of carbonyl (C=O) groups is 1. The fourth-order valence-corrected chi connectivity index (χ4v) is 1.75. The first-order valence-corrected chi connectivity index (χ1v) is 5.24. The number of nitrogens with zero attached hydrogens (tertiary/aromatic N) is 2. The van der Waals surface area contributed by atoms with Crippen molar-refractivity contribution in [3.8, 4) is 0 Å². The van der Waals surface area contributed by atoms with Gasteiger partial charge in [0.2, 0.25) is 0 Å². The van der Waals surface area contributed by atoms with Gasteiger partial charge in [-0.2, -0.15) is 0 Å². The van der Waals surface area contributed by atoms with E-state index in [1.165, 1.54) is 6.92 Å². The first-order chi connectivity index (χ1) is 7.66. The number of rotatable bonds is 3. The van der Waals surface area contributed by atoms with Gasteiger partial charge < -0.3 is 9.30 Å². The normalized spacial score (nSPS) is 12.6. The molecule has 4 nitrogen and oxygen atoms in total. The van der Waals surface area contributed by atoms with Gasteiger partial charge in [0.15, 0.2) is 0 Å². The maximum atomic E-state index is 10.8. The van der Waals surface area contributed by atoms with E-state index in [0.717, 1.165) is 11.0 Å². The Hall–Kier alpha value is -1.84. The molecule has 0 saturated carbocycles. The molecule has 84 valence electrons. The monoisotopic (exact) mass is 218 g/mol. The van der Waals surface area contributed by atoms with Crippen molar-refractivity contribution in [2.24, 2.45) is 0 Å². The van der Waals surface area contributed by atoms with E-state index in [4.69, 9.17) is 4.74 Å². The molecule has 0 aliphatic carbocycles. The van der Waals surface area contributed by atoms with E-state index in [1.54, 1.807) is 6.33 Å². The molecular formula is C12H14N2O2. The zero-order valence-electron chi connectivity index (χ0n) is 9.38. The minimum atomic E-state index is -0.253. The second-order valence-electron chi connectivity index (χ2n) is 3.81. The van der Waals surface area contributed by atoms with Crippen LogP contribution in [-0.2, 0) is 16.1 Å². The largest absolute Gasteiger partial charge is 0.461 e. The summed E-state index contributed by atoms with van der Waals surface area (Å²) in [6.45, 7) is 3.92. The van der Waals surface area contributed by atoms with Crippen molar-refractivity contribution in [2.75, 3.05) is 0 Å². The topological polar surface area (TPSA) is 44.1 Å². The van der Waals surface area contributed by atoms with Gasteiger partial charge in [0.1, 0.15) is 6.10 Å². The van der Waals surface area contributed by atoms with Crippen molar-refractivity contribution in [2.45, 2.75) is 26.5 Å². The Bertz CT molecular complexity index is 504. The number of ether oxygens (including phenoxy) is 1. The molecule has 0 amide bonds. The van der Waals surface area contributed by atoms with Gasteiger partial charge in [-0.15, -0.1) is 0 Å². The van der Waals surface area contributed by atoms with Gasteiger partial charge in [-0.1, -0.05) is 12.1 Å². The number of esters is 1. The number of fused-ring (bicyclic) bond motifs is 1. The fourth-order valence-electron chi connectivity index (χ4n) is 1.75. The van der Waals surface area contributed by atoms with Crippen LogP contribution in [0.5, 0.6) is 0 Å². The molecule has 1 aromatic carbocycles. The summed E-state index contributed by atoms with van der Waals surface area (Å²) in [5.41, 5.74) is 2.01. The van der Waals surface area contributed by atoms with Crippen LogP contribution in [0.25, 0.3) is 11.0 Å². The minimum absolute atomic E-state index is 0.143. The second kappa shape index (κ2) is 4.35. The smallest absolute Gasteiger partial charge is 0.302 e. The van der Waals surface area contributed by atoms with Crippen LogP contribution >= 0.6 is 0 Å². The van der Waals surface area contributed by atoms with E-state index in [9.17, 15) is 4.79 Å². The van der Waals surface area contributed by atoms with E-state index in [0.29, 0.717) is 6.54 Å². The van der Waals surface area contributed by atoms with Crippen LogP contribution in [0.15, 0.2) is 30.6 Å². The highest BCUT2D eigenvalue weighted by atomic mass is 16.5. The standard InChI is InChI=1S/C12H14N2O2/c1-9(16-10(2)15)7-14-8-13-11-5-3-4-6-12(11)14/h3-6,8-9H,7H2,1-2H3/t9-/m1/s1. The molecule has 4 heteroatoms. The molecule has 0 N–H and O–H groups in total.